The average molecular weight is 454 g/mol. The summed E-state index contributed by atoms with van der Waals surface area (Å²) in [6, 6.07) is 13.0. The normalized spacial score (nSPS) is 14.2. The van der Waals surface area contributed by atoms with E-state index in [0.29, 0.717) is 37.0 Å². The Kier molecular flexibility index (Phi) is 6.89. The molecule has 0 unspecified atom stereocenters. The first kappa shape index (κ1) is 22.5. The molecule has 0 N–H and O–H groups in total. The van der Waals surface area contributed by atoms with Gasteiger partial charge in [-0.3, -0.25) is 9.78 Å². The number of thiophene rings is 1. The molecule has 4 rings (SSSR count). The summed E-state index contributed by atoms with van der Waals surface area (Å²) in [5, 5.41) is 0. The lowest BCUT2D eigenvalue weighted by molar-refractivity contribution is -0.143. The molecule has 0 amide bonds. The van der Waals surface area contributed by atoms with Crippen LogP contribution in [0.2, 0.25) is 0 Å². The van der Waals surface area contributed by atoms with Crippen LogP contribution in [-0.4, -0.2) is 17.6 Å². The maximum Gasteiger partial charge on any atom is 0.305 e. The van der Waals surface area contributed by atoms with Gasteiger partial charge in [0.1, 0.15) is 18.2 Å². The molecule has 168 valence electrons. The second-order valence-electron chi connectivity index (χ2n) is 8.46. The number of rotatable bonds is 10. The fourth-order valence-corrected chi connectivity index (χ4v) is 4.88. The molecule has 1 aromatic carbocycles. The van der Waals surface area contributed by atoms with Crippen molar-refractivity contribution in [2.45, 2.75) is 58.0 Å². The number of esters is 1. The highest BCUT2D eigenvalue weighted by atomic mass is 32.1. The van der Waals surface area contributed by atoms with Crippen molar-refractivity contribution in [2.75, 3.05) is 6.61 Å². The van der Waals surface area contributed by atoms with Crippen LogP contribution in [-0.2, 0) is 28.0 Å². The van der Waals surface area contributed by atoms with Gasteiger partial charge < -0.3 is 9.47 Å². The summed E-state index contributed by atoms with van der Waals surface area (Å²) in [6.07, 6.45) is 5.93. The highest BCUT2D eigenvalue weighted by Gasteiger charge is 2.40. The molecule has 0 aliphatic heterocycles. The molecule has 0 bridgehead atoms. The monoisotopic (exact) mass is 453 g/mol. The number of aryl methyl sites for hydroxylation is 1. The molecule has 3 aromatic rings. The van der Waals surface area contributed by atoms with Gasteiger partial charge in [0, 0.05) is 32.8 Å². The zero-order valence-electron chi connectivity index (χ0n) is 18.5. The van der Waals surface area contributed by atoms with Crippen molar-refractivity contribution >= 4 is 17.3 Å². The van der Waals surface area contributed by atoms with Gasteiger partial charge in [0.05, 0.1) is 12.8 Å². The van der Waals surface area contributed by atoms with Crippen molar-refractivity contribution < 1.29 is 18.7 Å². The van der Waals surface area contributed by atoms with E-state index < -0.39 is 0 Å². The third kappa shape index (κ3) is 5.54. The number of hydrogen-bond donors (Lipinski definition) is 0. The molecule has 1 aliphatic rings. The van der Waals surface area contributed by atoms with E-state index in [1.54, 1.807) is 30.5 Å². The molecule has 1 saturated carbocycles. The molecule has 0 spiro atoms. The number of carbonyl (C=O) groups is 1. The van der Waals surface area contributed by atoms with Crippen LogP contribution in [0.4, 0.5) is 4.39 Å². The van der Waals surface area contributed by atoms with Crippen LogP contribution in [0.1, 0.15) is 55.7 Å². The lowest BCUT2D eigenvalue weighted by Gasteiger charge is -2.11. The highest BCUT2D eigenvalue weighted by Crippen LogP contribution is 2.51. The van der Waals surface area contributed by atoms with E-state index in [2.05, 4.69) is 24.0 Å². The van der Waals surface area contributed by atoms with Crippen molar-refractivity contribution in [3.05, 3.63) is 70.6 Å². The first-order valence-corrected chi connectivity index (χ1v) is 11.9. The zero-order valence-corrected chi connectivity index (χ0v) is 19.3. The van der Waals surface area contributed by atoms with Gasteiger partial charge in [-0.25, -0.2) is 4.39 Å². The minimum Gasteiger partial charge on any atom is -0.487 e. The van der Waals surface area contributed by atoms with Crippen molar-refractivity contribution in [2.24, 2.45) is 0 Å². The van der Waals surface area contributed by atoms with Crippen LogP contribution in [0.3, 0.4) is 0 Å². The van der Waals surface area contributed by atoms with Crippen LogP contribution < -0.4 is 4.74 Å². The van der Waals surface area contributed by atoms with Crippen molar-refractivity contribution in [1.29, 1.82) is 0 Å². The summed E-state index contributed by atoms with van der Waals surface area (Å²) in [5.74, 6) is 0.183. The predicted octanol–water partition coefficient (Wildman–Crippen LogP) is 6.47. The van der Waals surface area contributed by atoms with Crippen LogP contribution in [0.25, 0.3) is 10.4 Å². The van der Waals surface area contributed by atoms with Gasteiger partial charge in [-0.1, -0.05) is 13.0 Å². The molecule has 0 radical (unpaired) electrons. The molecule has 6 heteroatoms. The smallest absolute Gasteiger partial charge is 0.305 e. The fourth-order valence-electron chi connectivity index (χ4n) is 3.62. The molecule has 2 heterocycles. The molecule has 1 aliphatic carbocycles. The van der Waals surface area contributed by atoms with E-state index in [-0.39, 0.29) is 18.4 Å². The first-order chi connectivity index (χ1) is 15.5. The number of aromatic nitrogens is 1. The molecule has 2 aromatic heterocycles. The Morgan fingerprint density at radius 3 is 2.75 bits per heavy atom. The number of hydrogen-bond acceptors (Lipinski definition) is 5. The van der Waals surface area contributed by atoms with Gasteiger partial charge in [-0.05, 0) is 74.6 Å². The topological polar surface area (TPSA) is 48.4 Å². The summed E-state index contributed by atoms with van der Waals surface area (Å²) in [6.45, 7) is 4.77. The fraction of sp³-hybridized carbons (Fsp3) is 0.385. The lowest BCUT2D eigenvalue weighted by atomic mass is 10.1. The average Bonchev–Trinajstić information content (AvgIpc) is 3.33. The SMILES string of the molecule is CCOC(=O)CCCc1ccc(OCc2cc(F)ccc2-c2ccc(C3(C)CC3)s2)cn1. The van der Waals surface area contributed by atoms with Crippen LogP contribution >= 0.6 is 11.3 Å². The zero-order chi connectivity index (χ0) is 22.6. The number of halogens is 1. The number of carbonyl (C=O) groups excluding carboxylic acids is 1. The van der Waals surface area contributed by atoms with Gasteiger partial charge in [0.25, 0.3) is 0 Å². The summed E-state index contributed by atoms with van der Waals surface area (Å²) in [4.78, 5) is 18.4. The van der Waals surface area contributed by atoms with Crippen LogP contribution in [0.15, 0.2) is 48.7 Å². The minimum absolute atomic E-state index is 0.178. The second kappa shape index (κ2) is 9.82. The Balaban J connectivity index is 1.38. The second-order valence-corrected chi connectivity index (χ2v) is 9.54. The maximum absolute atomic E-state index is 14.0. The quantitative estimate of drug-likeness (QED) is 0.330. The first-order valence-electron chi connectivity index (χ1n) is 11.1. The largest absolute Gasteiger partial charge is 0.487 e. The molecular weight excluding hydrogens is 425 g/mol. The standard InChI is InChI=1S/C26H28FNO3S/c1-3-30-25(29)6-4-5-20-8-9-21(16-28-20)31-17-18-15-19(27)7-10-22(18)23-11-12-24(32-23)26(2)13-14-26/h7-12,15-16H,3-6,13-14,17H2,1-2H3. The number of nitrogens with zero attached hydrogens (tertiary/aromatic N) is 1. The van der Waals surface area contributed by atoms with Crippen molar-refractivity contribution in [1.82, 2.24) is 4.98 Å². The van der Waals surface area contributed by atoms with Crippen LogP contribution in [0.5, 0.6) is 5.75 Å². The van der Waals surface area contributed by atoms with Crippen molar-refractivity contribution in [3.63, 3.8) is 0 Å². The Hall–Kier alpha value is -2.73. The summed E-state index contributed by atoms with van der Waals surface area (Å²) >= 11 is 1.79. The maximum atomic E-state index is 14.0. The molecular formula is C26H28FNO3S. The predicted molar refractivity (Wildman–Crippen MR) is 124 cm³/mol. The van der Waals surface area contributed by atoms with Gasteiger partial charge >= 0.3 is 5.97 Å². The Morgan fingerprint density at radius 1 is 1.19 bits per heavy atom. The lowest BCUT2D eigenvalue weighted by Crippen LogP contribution is -2.04. The molecule has 32 heavy (non-hydrogen) atoms. The number of benzene rings is 1. The molecule has 1 fully saturated rings. The Labute approximate surface area is 192 Å². The van der Waals surface area contributed by atoms with E-state index in [1.165, 1.54) is 23.8 Å². The van der Waals surface area contributed by atoms with E-state index in [1.807, 2.05) is 18.2 Å². The third-order valence-corrected chi connectivity index (χ3v) is 7.27. The number of ether oxygens (including phenoxy) is 2. The summed E-state index contributed by atoms with van der Waals surface area (Å²) < 4.78 is 24.8. The highest BCUT2D eigenvalue weighted by molar-refractivity contribution is 7.15. The number of pyridine rings is 1. The molecule has 0 atom stereocenters. The molecule has 0 saturated heterocycles. The van der Waals surface area contributed by atoms with E-state index >= 15 is 0 Å². The summed E-state index contributed by atoms with van der Waals surface area (Å²) in [7, 11) is 0. The van der Waals surface area contributed by atoms with E-state index in [4.69, 9.17) is 9.47 Å². The van der Waals surface area contributed by atoms with Crippen molar-refractivity contribution in [3.8, 4) is 16.2 Å². The van der Waals surface area contributed by atoms with Gasteiger partial charge in [-0.2, -0.15) is 0 Å². The molecule has 4 nitrogen and oxygen atoms in total. The third-order valence-electron chi connectivity index (χ3n) is 5.84. The van der Waals surface area contributed by atoms with Gasteiger partial charge in [0.2, 0.25) is 0 Å². The van der Waals surface area contributed by atoms with Crippen LogP contribution in [0, 0.1) is 5.82 Å². The summed E-state index contributed by atoms with van der Waals surface area (Å²) in [5.41, 5.74) is 3.05. The van der Waals surface area contributed by atoms with E-state index in [0.717, 1.165) is 21.7 Å². The minimum atomic E-state index is -0.270. The van der Waals surface area contributed by atoms with Gasteiger partial charge in [0.15, 0.2) is 0 Å². The Bertz CT molecular complexity index is 1070. The Morgan fingerprint density at radius 2 is 2.03 bits per heavy atom. The van der Waals surface area contributed by atoms with Gasteiger partial charge in [-0.15, -0.1) is 11.3 Å². The van der Waals surface area contributed by atoms with E-state index in [9.17, 15) is 9.18 Å².